The molecule has 2 saturated heterocycles. The van der Waals surface area contributed by atoms with Gasteiger partial charge in [0.05, 0.1) is 37.0 Å². The van der Waals surface area contributed by atoms with Gasteiger partial charge in [-0.15, -0.1) is 11.8 Å². The lowest BCUT2D eigenvalue weighted by molar-refractivity contribution is -0.151. The van der Waals surface area contributed by atoms with Crippen LogP contribution >= 0.6 is 35.0 Å². The molecular weight excluding hydrogens is 715 g/mol. The van der Waals surface area contributed by atoms with Crippen molar-refractivity contribution in [3.8, 4) is 17.2 Å². The lowest BCUT2D eigenvalue weighted by Crippen LogP contribution is -2.41. The van der Waals surface area contributed by atoms with E-state index in [-0.39, 0.29) is 33.9 Å². The highest BCUT2D eigenvalue weighted by Crippen LogP contribution is 2.39. The minimum Gasteiger partial charge on any atom is -0.496 e. The Morgan fingerprint density at radius 3 is 2.46 bits per heavy atom. The monoisotopic (exact) mass is 751 g/mol. The quantitative estimate of drug-likeness (QED) is 0.166. The van der Waals surface area contributed by atoms with Crippen molar-refractivity contribution in [1.82, 2.24) is 14.8 Å². The fourth-order valence-corrected chi connectivity index (χ4v) is 7.46. The third-order valence-electron chi connectivity index (χ3n) is 8.71. The number of alkyl halides is 2. The molecule has 3 aromatic rings. The average molecular weight is 753 g/mol. The van der Waals surface area contributed by atoms with Crippen molar-refractivity contribution in [3.05, 3.63) is 81.1 Å². The van der Waals surface area contributed by atoms with Crippen LogP contribution in [0, 0.1) is 5.92 Å². The summed E-state index contributed by atoms with van der Waals surface area (Å²) < 4.78 is 54.3. The van der Waals surface area contributed by atoms with E-state index >= 15 is 0 Å². The molecule has 0 radical (unpaired) electrons. The summed E-state index contributed by atoms with van der Waals surface area (Å²) in [5, 5.41) is -0.410. The molecule has 1 aromatic heterocycles. The van der Waals surface area contributed by atoms with Crippen LogP contribution in [0.3, 0.4) is 0 Å². The molecule has 0 N–H and O–H groups in total. The van der Waals surface area contributed by atoms with E-state index in [4.69, 9.17) is 46.9 Å². The Morgan fingerprint density at radius 1 is 1.02 bits per heavy atom. The highest BCUT2D eigenvalue weighted by molar-refractivity contribution is 8.00. The fraction of sp³-hybridized carbons (Fsp3) is 0.457. The van der Waals surface area contributed by atoms with Crippen molar-refractivity contribution in [2.45, 2.75) is 43.9 Å². The maximum atomic E-state index is 14.0. The molecule has 0 spiro atoms. The Balaban J connectivity index is 1.25. The topological polar surface area (TPSA) is 99.7 Å². The van der Waals surface area contributed by atoms with E-state index in [0.717, 1.165) is 31.5 Å². The molecule has 3 fully saturated rings. The minimum absolute atomic E-state index is 0.0394. The number of methoxy groups -OCH3 is 1. The summed E-state index contributed by atoms with van der Waals surface area (Å²) in [6.07, 6.45) is 3.90. The van der Waals surface area contributed by atoms with Crippen molar-refractivity contribution in [2.75, 3.05) is 52.3 Å². The SMILES string of the molecule is COc1ccc(C(=O)N2CCSC2C(=O)O[C@@H](Cc2c(Cl)cncc2Cl)c2ccc(OC(F)F)c(OCC3CC3)c2)cc1CN1CCOCC1. The number of carbonyl (C=O) groups is 2. The lowest BCUT2D eigenvalue weighted by Gasteiger charge is -2.28. The van der Waals surface area contributed by atoms with E-state index < -0.39 is 24.1 Å². The molecular formula is C35H37Cl2F2N3O7S. The number of hydrogen-bond acceptors (Lipinski definition) is 10. The lowest BCUT2D eigenvalue weighted by atomic mass is 10.0. The third kappa shape index (κ3) is 9.10. The molecule has 1 unspecified atom stereocenters. The number of esters is 1. The Labute approximate surface area is 303 Å². The van der Waals surface area contributed by atoms with Crippen LogP contribution in [-0.4, -0.2) is 91.0 Å². The molecule has 15 heteroatoms. The van der Waals surface area contributed by atoms with Crippen LogP contribution in [-0.2, 0) is 27.2 Å². The van der Waals surface area contributed by atoms with Crippen LogP contribution in [0.2, 0.25) is 10.0 Å². The van der Waals surface area contributed by atoms with Crippen molar-refractivity contribution in [1.29, 1.82) is 0 Å². The highest BCUT2D eigenvalue weighted by Gasteiger charge is 2.38. The van der Waals surface area contributed by atoms with Gasteiger partial charge in [0.1, 0.15) is 11.9 Å². The molecule has 3 heterocycles. The van der Waals surface area contributed by atoms with Gasteiger partial charge in [-0.1, -0.05) is 29.3 Å². The second-order valence-electron chi connectivity index (χ2n) is 12.2. The number of pyridine rings is 1. The maximum absolute atomic E-state index is 14.0. The number of hydrogen-bond donors (Lipinski definition) is 0. The number of halogens is 4. The van der Waals surface area contributed by atoms with Crippen LogP contribution in [0.15, 0.2) is 48.8 Å². The predicted octanol–water partition coefficient (Wildman–Crippen LogP) is 6.66. The van der Waals surface area contributed by atoms with Gasteiger partial charge in [-0.25, -0.2) is 4.79 Å². The second-order valence-corrected chi connectivity index (χ2v) is 14.2. The summed E-state index contributed by atoms with van der Waals surface area (Å²) in [5.41, 5.74) is 2.20. The molecule has 3 aliphatic rings. The van der Waals surface area contributed by atoms with Gasteiger partial charge in [-0.2, -0.15) is 8.78 Å². The van der Waals surface area contributed by atoms with E-state index in [9.17, 15) is 18.4 Å². The standard InChI is InChI=1S/C35H37Cl2F2N3O7S/c1-45-28-6-5-23(14-24(28)19-41-8-11-46-12-9-41)32(43)42-10-13-50-33(42)34(44)48-30(16-25-26(36)17-40-18-27(25)37)22-4-7-29(49-35(38)39)31(15-22)47-20-21-2-3-21/h4-7,14-15,17-18,21,30,33,35H,2-3,8-13,16,19-20H2,1H3/t30-,33?/m0/s1. The van der Waals surface area contributed by atoms with Gasteiger partial charge in [-0.05, 0) is 60.2 Å². The normalized spacial score (nSPS) is 18.6. The molecule has 6 rings (SSSR count). The Morgan fingerprint density at radius 2 is 1.76 bits per heavy atom. The van der Waals surface area contributed by atoms with Gasteiger partial charge in [0.2, 0.25) is 0 Å². The zero-order chi connectivity index (χ0) is 35.2. The number of nitrogens with zero attached hydrogens (tertiary/aromatic N) is 3. The Kier molecular flexibility index (Phi) is 12.2. The van der Waals surface area contributed by atoms with Crippen LogP contribution in [0.1, 0.15) is 46.0 Å². The van der Waals surface area contributed by atoms with Crippen LogP contribution in [0.5, 0.6) is 17.2 Å². The van der Waals surface area contributed by atoms with Crippen molar-refractivity contribution in [2.24, 2.45) is 5.92 Å². The zero-order valence-corrected chi connectivity index (χ0v) is 29.7. The summed E-state index contributed by atoms with van der Waals surface area (Å²) in [6, 6.07) is 9.68. The van der Waals surface area contributed by atoms with Crippen molar-refractivity contribution >= 4 is 46.8 Å². The molecule has 268 valence electrons. The number of amides is 1. The summed E-state index contributed by atoms with van der Waals surface area (Å²) in [4.78, 5) is 35.7. The number of rotatable bonds is 14. The molecule has 1 amide bonds. The summed E-state index contributed by atoms with van der Waals surface area (Å²) in [6.45, 7) is 1.01. The third-order valence-corrected chi connectivity index (χ3v) is 10.5. The first-order valence-corrected chi connectivity index (χ1v) is 18.1. The van der Waals surface area contributed by atoms with Gasteiger partial charge in [0.15, 0.2) is 16.9 Å². The number of carbonyl (C=O) groups excluding carboxylic acids is 2. The van der Waals surface area contributed by atoms with Gasteiger partial charge in [-0.3, -0.25) is 14.7 Å². The predicted molar refractivity (Wildman–Crippen MR) is 184 cm³/mol. The van der Waals surface area contributed by atoms with E-state index in [1.807, 2.05) is 6.07 Å². The average Bonchev–Trinajstić information content (AvgIpc) is 3.81. The second kappa shape index (κ2) is 16.8. The minimum atomic E-state index is -3.06. The smallest absolute Gasteiger partial charge is 0.387 e. The summed E-state index contributed by atoms with van der Waals surface area (Å²) in [7, 11) is 1.59. The molecule has 50 heavy (non-hydrogen) atoms. The first-order chi connectivity index (χ1) is 24.2. The van der Waals surface area contributed by atoms with Crippen molar-refractivity contribution in [3.63, 3.8) is 0 Å². The summed E-state index contributed by atoms with van der Waals surface area (Å²) >= 11 is 14.2. The molecule has 1 aliphatic carbocycles. The van der Waals surface area contributed by atoms with Crippen LogP contribution in [0.25, 0.3) is 0 Å². The molecule has 1 saturated carbocycles. The van der Waals surface area contributed by atoms with E-state index in [1.54, 1.807) is 19.2 Å². The first kappa shape index (κ1) is 36.4. The first-order valence-electron chi connectivity index (χ1n) is 16.3. The Bertz CT molecular complexity index is 1660. The molecule has 2 atom stereocenters. The van der Waals surface area contributed by atoms with E-state index in [0.29, 0.717) is 67.0 Å². The van der Waals surface area contributed by atoms with Crippen LogP contribution < -0.4 is 14.2 Å². The largest absolute Gasteiger partial charge is 0.496 e. The number of benzene rings is 2. The summed E-state index contributed by atoms with van der Waals surface area (Å²) in [5.74, 6) is 0.527. The number of ether oxygens (including phenoxy) is 5. The van der Waals surface area contributed by atoms with Gasteiger partial charge < -0.3 is 28.6 Å². The fourth-order valence-electron chi connectivity index (χ4n) is 5.84. The number of thioether (sulfide) groups is 1. The van der Waals surface area contributed by atoms with E-state index in [2.05, 4.69) is 9.88 Å². The zero-order valence-electron chi connectivity index (χ0n) is 27.3. The number of aromatic nitrogens is 1. The Hall–Kier alpha value is -3.36. The van der Waals surface area contributed by atoms with Gasteiger partial charge in [0.25, 0.3) is 5.91 Å². The molecule has 2 aromatic carbocycles. The molecule has 2 aliphatic heterocycles. The number of morpholine rings is 1. The molecule has 0 bridgehead atoms. The van der Waals surface area contributed by atoms with Gasteiger partial charge in [0, 0.05) is 61.9 Å². The van der Waals surface area contributed by atoms with E-state index in [1.165, 1.54) is 47.3 Å². The van der Waals surface area contributed by atoms with Gasteiger partial charge >= 0.3 is 12.6 Å². The molecule has 10 nitrogen and oxygen atoms in total. The van der Waals surface area contributed by atoms with Crippen molar-refractivity contribution < 1.29 is 42.1 Å². The maximum Gasteiger partial charge on any atom is 0.387 e. The van der Waals surface area contributed by atoms with Crippen LogP contribution in [0.4, 0.5) is 8.78 Å². The highest BCUT2D eigenvalue weighted by atomic mass is 35.5.